The van der Waals surface area contributed by atoms with Gasteiger partial charge < -0.3 is 4.74 Å². The molecule has 0 N–H and O–H groups in total. The van der Waals surface area contributed by atoms with Crippen molar-refractivity contribution in [3.63, 3.8) is 0 Å². The maximum Gasteiger partial charge on any atom is 0.0594 e. The minimum atomic E-state index is 0.643. The second-order valence-electron chi connectivity index (χ2n) is 5.87. The van der Waals surface area contributed by atoms with Crippen molar-refractivity contribution in [2.75, 3.05) is 32.8 Å². The Labute approximate surface area is 98.6 Å². The summed E-state index contributed by atoms with van der Waals surface area (Å²) in [5.41, 5.74) is 2.39. The van der Waals surface area contributed by atoms with Gasteiger partial charge in [0.25, 0.3) is 0 Å². The number of morpholine rings is 1. The van der Waals surface area contributed by atoms with E-state index in [1.54, 1.807) is 5.57 Å². The molecule has 1 saturated heterocycles. The summed E-state index contributed by atoms with van der Waals surface area (Å²) in [4.78, 5) is 2.63. The molecule has 2 unspecified atom stereocenters. The maximum atomic E-state index is 5.43. The van der Waals surface area contributed by atoms with Crippen molar-refractivity contribution in [2.24, 2.45) is 11.3 Å². The van der Waals surface area contributed by atoms with Gasteiger partial charge in [-0.3, -0.25) is 4.90 Å². The lowest BCUT2D eigenvalue weighted by atomic mass is 9.82. The van der Waals surface area contributed by atoms with E-state index in [9.17, 15) is 0 Å². The summed E-state index contributed by atoms with van der Waals surface area (Å²) in [7, 11) is 0. The van der Waals surface area contributed by atoms with Crippen LogP contribution in [0.1, 0.15) is 32.6 Å². The first-order valence-electron chi connectivity index (χ1n) is 6.76. The number of allylic oxidation sites excluding steroid dienone is 2. The second-order valence-corrected chi connectivity index (χ2v) is 5.87. The quantitative estimate of drug-likeness (QED) is 0.664. The molecular weight excluding hydrogens is 198 g/mol. The number of ether oxygens (including phenoxy) is 1. The average molecular weight is 221 g/mol. The third-order valence-electron chi connectivity index (χ3n) is 4.84. The van der Waals surface area contributed by atoms with Gasteiger partial charge in [0.1, 0.15) is 0 Å². The fourth-order valence-electron chi connectivity index (χ4n) is 4.03. The molecule has 0 spiro atoms. The molecule has 2 heteroatoms. The fourth-order valence-corrected chi connectivity index (χ4v) is 4.03. The van der Waals surface area contributed by atoms with Crippen molar-refractivity contribution >= 4 is 0 Å². The van der Waals surface area contributed by atoms with Crippen LogP contribution in [0.2, 0.25) is 0 Å². The average Bonchev–Trinajstić information content (AvgIpc) is 2.87. The molecule has 2 aliphatic carbocycles. The summed E-state index contributed by atoms with van der Waals surface area (Å²) in [5.74, 6) is 0.936. The Bertz CT molecular complexity index is 293. The Morgan fingerprint density at radius 3 is 2.94 bits per heavy atom. The zero-order valence-corrected chi connectivity index (χ0v) is 10.4. The van der Waals surface area contributed by atoms with E-state index in [1.807, 2.05) is 0 Å². The van der Waals surface area contributed by atoms with Crippen molar-refractivity contribution in [1.29, 1.82) is 0 Å². The van der Waals surface area contributed by atoms with Crippen LogP contribution in [0.15, 0.2) is 11.6 Å². The minimum absolute atomic E-state index is 0.643. The Morgan fingerprint density at radius 1 is 1.44 bits per heavy atom. The van der Waals surface area contributed by atoms with E-state index in [4.69, 9.17) is 4.74 Å². The molecule has 1 aliphatic heterocycles. The van der Waals surface area contributed by atoms with Gasteiger partial charge in [-0.15, -0.1) is 0 Å². The van der Waals surface area contributed by atoms with Crippen LogP contribution in [-0.2, 0) is 4.74 Å². The number of hydrogen-bond donors (Lipinski definition) is 0. The molecule has 0 aromatic heterocycles. The summed E-state index contributed by atoms with van der Waals surface area (Å²) >= 11 is 0. The molecule has 2 atom stereocenters. The number of fused-ring (bicyclic) bond motifs is 2. The summed E-state index contributed by atoms with van der Waals surface area (Å²) < 4.78 is 5.43. The number of rotatable bonds is 2. The summed E-state index contributed by atoms with van der Waals surface area (Å²) in [6, 6.07) is 0. The van der Waals surface area contributed by atoms with Crippen LogP contribution in [0, 0.1) is 11.3 Å². The Kier molecular flexibility index (Phi) is 2.80. The van der Waals surface area contributed by atoms with Crippen LogP contribution in [0.5, 0.6) is 0 Å². The third-order valence-corrected chi connectivity index (χ3v) is 4.84. The lowest BCUT2D eigenvalue weighted by Crippen LogP contribution is -2.42. The van der Waals surface area contributed by atoms with Crippen LogP contribution >= 0.6 is 0 Å². The minimum Gasteiger partial charge on any atom is -0.379 e. The molecule has 2 nitrogen and oxygen atoms in total. The van der Waals surface area contributed by atoms with Gasteiger partial charge >= 0.3 is 0 Å². The van der Waals surface area contributed by atoms with Gasteiger partial charge in [0.05, 0.1) is 13.2 Å². The first kappa shape index (κ1) is 10.8. The predicted molar refractivity (Wildman–Crippen MR) is 65.4 cm³/mol. The fraction of sp³-hybridized carbons (Fsp3) is 0.857. The van der Waals surface area contributed by atoms with E-state index in [0.29, 0.717) is 5.41 Å². The SMILES string of the molecule is CC=C1CC2(CN3CCOCC3)CCC1C2. The van der Waals surface area contributed by atoms with Crippen molar-refractivity contribution < 1.29 is 4.74 Å². The first-order valence-corrected chi connectivity index (χ1v) is 6.76. The third kappa shape index (κ3) is 1.82. The van der Waals surface area contributed by atoms with Crippen molar-refractivity contribution in [2.45, 2.75) is 32.6 Å². The van der Waals surface area contributed by atoms with Crippen LogP contribution < -0.4 is 0 Å². The number of hydrogen-bond acceptors (Lipinski definition) is 2. The monoisotopic (exact) mass is 221 g/mol. The summed E-state index contributed by atoms with van der Waals surface area (Å²) in [6.07, 6.45) is 8.14. The molecule has 0 amide bonds. The molecule has 2 saturated carbocycles. The van der Waals surface area contributed by atoms with E-state index in [0.717, 1.165) is 32.2 Å². The molecule has 3 fully saturated rings. The smallest absolute Gasteiger partial charge is 0.0594 e. The molecule has 2 bridgehead atoms. The Morgan fingerprint density at radius 2 is 2.25 bits per heavy atom. The zero-order valence-electron chi connectivity index (χ0n) is 10.4. The summed E-state index contributed by atoms with van der Waals surface area (Å²) in [6.45, 7) is 7.73. The van der Waals surface area contributed by atoms with Crippen molar-refractivity contribution in [1.82, 2.24) is 4.90 Å². The van der Waals surface area contributed by atoms with Crippen LogP contribution in [-0.4, -0.2) is 37.7 Å². The predicted octanol–water partition coefficient (Wildman–Crippen LogP) is 2.46. The molecule has 0 aromatic rings. The maximum absolute atomic E-state index is 5.43. The molecule has 90 valence electrons. The molecule has 0 aromatic carbocycles. The zero-order chi connectivity index (χ0) is 11.0. The van der Waals surface area contributed by atoms with Crippen LogP contribution in [0.3, 0.4) is 0 Å². The normalized spacial score (nSPS) is 42.1. The van der Waals surface area contributed by atoms with Gasteiger partial charge in [-0.2, -0.15) is 0 Å². The highest BCUT2D eigenvalue weighted by atomic mass is 16.5. The molecule has 3 aliphatic rings. The molecule has 0 radical (unpaired) electrons. The van der Waals surface area contributed by atoms with Gasteiger partial charge in [0.15, 0.2) is 0 Å². The van der Waals surface area contributed by atoms with E-state index < -0.39 is 0 Å². The van der Waals surface area contributed by atoms with Crippen LogP contribution in [0.4, 0.5) is 0 Å². The molecule has 3 rings (SSSR count). The highest BCUT2D eigenvalue weighted by Crippen LogP contribution is 2.57. The van der Waals surface area contributed by atoms with E-state index in [2.05, 4.69) is 17.9 Å². The van der Waals surface area contributed by atoms with E-state index >= 15 is 0 Å². The second kappa shape index (κ2) is 4.15. The van der Waals surface area contributed by atoms with Crippen molar-refractivity contribution in [3.05, 3.63) is 11.6 Å². The van der Waals surface area contributed by atoms with Gasteiger partial charge in [0.2, 0.25) is 0 Å². The van der Waals surface area contributed by atoms with Gasteiger partial charge in [-0.05, 0) is 43.9 Å². The highest BCUT2D eigenvalue weighted by molar-refractivity contribution is 5.21. The van der Waals surface area contributed by atoms with Crippen molar-refractivity contribution in [3.8, 4) is 0 Å². The van der Waals surface area contributed by atoms with Crippen LogP contribution in [0.25, 0.3) is 0 Å². The van der Waals surface area contributed by atoms with E-state index in [-0.39, 0.29) is 0 Å². The van der Waals surface area contributed by atoms with Gasteiger partial charge in [-0.1, -0.05) is 11.6 Å². The lowest BCUT2D eigenvalue weighted by Gasteiger charge is -2.36. The molecule has 16 heavy (non-hydrogen) atoms. The lowest BCUT2D eigenvalue weighted by molar-refractivity contribution is 0.0180. The molecular formula is C14H23NO. The van der Waals surface area contributed by atoms with E-state index in [1.165, 1.54) is 32.2 Å². The molecule has 1 heterocycles. The first-order chi connectivity index (χ1) is 7.81. The van der Waals surface area contributed by atoms with Gasteiger partial charge in [-0.25, -0.2) is 0 Å². The topological polar surface area (TPSA) is 12.5 Å². The Balaban J connectivity index is 1.66. The summed E-state index contributed by atoms with van der Waals surface area (Å²) in [5, 5.41) is 0. The standard InChI is InChI=1S/C14H23NO/c1-2-12-9-14(4-3-13(12)10-14)11-15-5-7-16-8-6-15/h2,13H,3-11H2,1H3. The van der Waals surface area contributed by atoms with Gasteiger partial charge in [0, 0.05) is 19.6 Å². The number of nitrogens with zero attached hydrogens (tertiary/aromatic N) is 1. The Hall–Kier alpha value is -0.340. The highest BCUT2D eigenvalue weighted by Gasteiger charge is 2.47. The largest absolute Gasteiger partial charge is 0.379 e.